The summed E-state index contributed by atoms with van der Waals surface area (Å²) in [6, 6.07) is 2.88. The van der Waals surface area contributed by atoms with Crippen LogP contribution < -0.4 is 5.32 Å². The van der Waals surface area contributed by atoms with E-state index in [1.807, 2.05) is 0 Å². The summed E-state index contributed by atoms with van der Waals surface area (Å²) in [6.45, 7) is 1.91. The predicted octanol–water partition coefficient (Wildman–Crippen LogP) is 2.48. The van der Waals surface area contributed by atoms with E-state index in [1.165, 1.54) is 32.1 Å². The summed E-state index contributed by atoms with van der Waals surface area (Å²) < 4.78 is 5.01. The lowest BCUT2D eigenvalue weighted by Gasteiger charge is -2.27. The standard InChI is InChI=1S/C13H24N2O/c1-16-10-6-2-5-9-15-13-8-4-3-7-12(13)11-14/h12-13,15H,2-10H2,1H3. The van der Waals surface area contributed by atoms with E-state index < -0.39 is 0 Å². The largest absolute Gasteiger partial charge is 0.385 e. The summed E-state index contributed by atoms with van der Waals surface area (Å²) >= 11 is 0. The van der Waals surface area contributed by atoms with Crippen molar-refractivity contribution in [1.29, 1.82) is 5.26 Å². The first-order valence-corrected chi connectivity index (χ1v) is 6.50. The van der Waals surface area contributed by atoms with Crippen LogP contribution in [0.3, 0.4) is 0 Å². The molecule has 0 aliphatic heterocycles. The molecule has 0 radical (unpaired) electrons. The molecule has 0 aromatic rings. The van der Waals surface area contributed by atoms with Crippen LogP contribution in [0.1, 0.15) is 44.9 Å². The second-order valence-electron chi connectivity index (χ2n) is 4.63. The molecule has 1 aliphatic carbocycles. The van der Waals surface area contributed by atoms with Gasteiger partial charge in [-0.15, -0.1) is 0 Å². The van der Waals surface area contributed by atoms with Crippen molar-refractivity contribution in [3.63, 3.8) is 0 Å². The normalized spacial score (nSPS) is 25.2. The van der Waals surface area contributed by atoms with Crippen molar-refractivity contribution < 1.29 is 4.74 Å². The third kappa shape index (κ3) is 4.96. The van der Waals surface area contributed by atoms with Crippen molar-refractivity contribution in [3.05, 3.63) is 0 Å². The molecular formula is C13H24N2O. The number of rotatable bonds is 7. The molecule has 1 rings (SSSR count). The Kier molecular flexibility index (Phi) is 7.20. The molecule has 2 unspecified atom stereocenters. The van der Waals surface area contributed by atoms with Crippen molar-refractivity contribution in [3.8, 4) is 6.07 Å². The van der Waals surface area contributed by atoms with Gasteiger partial charge >= 0.3 is 0 Å². The Morgan fingerprint density at radius 2 is 2.06 bits per heavy atom. The van der Waals surface area contributed by atoms with Crippen molar-refractivity contribution in [1.82, 2.24) is 5.32 Å². The molecule has 0 amide bonds. The molecule has 1 fully saturated rings. The van der Waals surface area contributed by atoms with E-state index >= 15 is 0 Å². The number of ether oxygens (including phenoxy) is 1. The van der Waals surface area contributed by atoms with Crippen LogP contribution in [-0.2, 0) is 4.74 Å². The van der Waals surface area contributed by atoms with E-state index in [2.05, 4.69) is 11.4 Å². The molecule has 3 heteroatoms. The van der Waals surface area contributed by atoms with Gasteiger partial charge in [-0.05, 0) is 38.6 Å². The molecule has 3 nitrogen and oxygen atoms in total. The predicted molar refractivity (Wildman–Crippen MR) is 65.1 cm³/mol. The number of methoxy groups -OCH3 is 1. The lowest BCUT2D eigenvalue weighted by Crippen LogP contribution is -2.38. The van der Waals surface area contributed by atoms with Gasteiger partial charge < -0.3 is 10.1 Å². The van der Waals surface area contributed by atoms with Gasteiger partial charge in [0, 0.05) is 19.8 Å². The van der Waals surface area contributed by atoms with Gasteiger partial charge in [-0.3, -0.25) is 0 Å². The lowest BCUT2D eigenvalue weighted by atomic mass is 9.85. The Morgan fingerprint density at radius 3 is 2.81 bits per heavy atom. The van der Waals surface area contributed by atoms with E-state index in [9.17, 15) is 0 Å². The molecule has 1 aliphatic rings. The molecule has 2 atom stereocenters. The van der Waals surface area contributed by atoms with Crippen LogP contribution in [0.15, 0.2) is 0 Å². The highest BCUT2D eigenvalue weighted by molar-refractivity contribution is 4.94. The minimum atomic E-state index is 0.243. The fourth-order valence-corrected chi connectivity index (χ4v) is 2.37. The van der Waals surface area contributed by atoms with Crippen LogP contribution in [0.5, 0.6) is 0 Å². The molecule has 92 valence electrons. The fourth-order valence-electron chi connectivity index (χ4n) is 2.37. The average molecular weight is 224 g/mol. The number of nitrogens with zero attached hydrogens (tertiary/aromatic N) is 1. The number of nitrogens with one attached hydrogen (secondary N) is 1. The maximum atomic E-state index is 9.03. The van der Waals surface area contributed by atoms with Crippen LogP contribution in [0.2, 0.25) is 0 Å². The molecule has 0 bridgehead atoms. The number of nitriles is 1. The van der Waals surface area contributed by atoms with E-state index in [4.69, 9.17) is 10.00 Å². The second kappa shape index (κ2) is 8.55. The zero-order valence-corrected chi connectivity index (χ0v) is 10.4. The highest BCUT2D eigenvalue weighted by Crippen LogP contribution is 2.23. The lowest BCUT2D eigenvalue weighted by molar-refractivity contribution is 0.191. The third-order valence-corrected chi connectivity index (χ3v) is 3.36. The molecule has 0 heterocycles. The van der Waals surface area contributed by atoms with E-state index in [0.717, 1.165) is 26.0 Å². The third-order valence-electron chi connectivity index (χ3n) is 3.36. The highest BCUT2D eigenvalue weighted by Gasteiger charge is 2.23. The monoisotopic (exact) mass is 224 g/mol. The summed E-state index contributed by atoms with van der Waals surface area (Å²) in [5, 5.41) is 12.6. The maximum absolute atomic E-state index is 9.03. The number of hydrogen-bond acceptors (Lipinski definition) is 3. The Bertz CT molecular complexity index is 212. The minimum Gasteiger partial charge on any atom is -0.385 e. The minimum absolute atomic E-state index is 0.243. The fraction of sp³-hybridized carbons (Fsp3) is 0.923. The summed E-state index contributed by atoms with van der Waals surface area (Å²) in [7, 11) is 1.75. The summed E-state index contributed by atoms with van der Waals surface area (Å²) in [5.41, 5.74) is 0. The van der Waals surface area contributed by atoms with E-state index in [1.54, 1.807) is 7.11 Å². The van der Waals surface area contributed by atoms with Crippen LogP contribution >= 0.6 is 0 Å². The second-order valence-corrected chi connectivity index (χ2v) is 4.63. The topological polar surface area (TPSA) is 45.0 Å². The first-order valence-electron chi connectivity index (χ1n) is 6.50. The molecule has 16 heavy (non-hydrogen) atoms. The average Bonchev–Trinajstić information content (AvgIpc) is 2.34. The smallest absolute Gasteiger partial charge is 0.0672 e. The van der Waals surface area contributed by atoms with Gasteiger partial charge in [-0.2, -0.15) is 5.26 Å². The van der Waals surface area contributed by atoms with Gasteiger partial charge in [0.25, 0.3) is 0 Å². The van der Waals surface area contributed by atoms with Gasteiger partial charge in [0.1, 0.15) is 0 Å². The Labute approximate surface area is 99.2 Å². The van der Waals surface area contributed by atoms with Crippen molar-refractivity contribution in [2.45, 2.75) is 51.0 Å². The Morgan fingerprint density at radius 1 is 1.25 bits per heavy atom. The number of hydrogen-bond donors (Lipinski definition) is 1. The van der Waals surface area contributed by atoms with Gasteiger partial charge in [0.15, 0.2) is 0 Å². The summed E-state index contributed by atoms with van der Waals surface area (Å²) in [5.74, 6) is 0.243. The van der Waals surface area contributed by atoms with E-state index in [0.29, 0.717) is 6.04 Å². The molecule has 0 aromatic carbocycles. The first kappa shape index (κ1) is 13.5. The SMILES string of the molecule is COCCCCCNC1CCCCC1C#N. The van der Waals surface area contributed by atoms with Crippen LogP contribution in [0.25, 0.3) is 0 Å². The van der Waals surface area contributed by atoms with Crippen molar-refractivity contribution >= 4 is 0 Å². The Hall–Kier alpha value is -0.590. The molecule has 1 saturated carbocycles. The zero-order valence-electron chi connectivity index (χ0n) is 10.4. The van der Waals surface area contributed by atoms with Crippen LogP contribution in [-0.4, -0.2) is 26.3 Å². The Balaban J connectivity index is 2.04. The van der Waals surface area contributed by atoms with Crippen LogP contribution in [0, 0.1) is 17.2 Å². The highest BCUT2D eigenvalue weighted by atomic mass is 16.5. The van der Waals surface area contributed by atoms with Crippen LogP contribution in [0.4, 0.5) is 0 Å². The van der Waals surface area contributed by atoms with Gasteiger partial charge in [0.05, 0.1) is 12.0 Å². The number of unbranched alkanes of at least 4 members (excludes halogenated alkanes) is 2. The quantitative estimate of drug-likeness (QED) is 0.676. The molecular weight excluding hydrogens is 200 g/mol. The van der Waals surface area contributed by atoms with Crippen molar-refractivity contribution in [2.24, 2.45) is 5.92 Å². The maximum Gasteiger partial charge on any atom is 0.0672 e. The van der Waals surface area contributed by atoms with Gasteiger partial charge in [0.2, 0.25) is 0 Å². The summed E-state index contributed by atoms with van der Waals surface area (Å²) in [4.78, 5) is 0. The van der Waals surface area contributed by atoms with Gasteiger partial charge in [-0.1, -0.05) is 12.8 Å². The molecule has 1 N–H and O–H groups in total. The van der Waals surface area contributed by atoms with Crippen molar-refractivity contribution in [2.75, 3.05) is 20.3 Å². The molecule has 0 spiro atoms. The van der Waals surface area contributed by atoms with Gasteiger partial charge in [-0.25, -0.2) is 0 Å². The first-order chi connectivity index (χ1) is 7.88. The zero-order chi connectivity index (χ0) is 11.6. The molecule has 0 aromatic heterocycles. The summed E-state index contributed by atoms with van der Waals surface area (Å²) in [6.07, 6.45) is 8.31. The van der Waals surface area contributed by atoms with E-state index in [-0.39, 0.29) is 5.92 Å². The molecule has 0 saturated heterocycles.